The second-order valence-corrected chi connectivity index (χ2v) is 5.36. The molecule has 0 atom stereocenters. The first kappa shape index (κ1) is 16.2. The van der Waals surface area contributed by atoms with Gasteiger partial charge < -0.3 is 15.4 Å². The smallest absolute Gasteiger partial charge is 0.407 e. The maximum atomic E-state index is 11.3. The molecule has 0 saturated carbocycles. The monoisotopic (exact) mass is 298 g/mol. The summed E-state index contributed by atoms with van der Waals surface area (Å²) in [6.07, 6.45) is 6.17. The summed E-state index contributed by atoms with van der Waals surface area (Å²) in [6, 6.07) is 0. The Bertz CT molecular complexity index is 472. The van der Waals surface area contributed by atoms with E-state index in [0.717, 1.165) is 0 Å². The summed E-state index contributed by atoms with van der Waals surface area (Å²) in [5.41, 5.74) is -0.487. The average molecular weight is 299 g/mol. The molecule has 1 rings (SSSR count). The van der Waals surface area contributed by atoms with Gasteiger partial charge in [-0.2, -0.15) is 0 Å². The number of anilines is 1. The van der Waals surface area contributed by atoms with E-state index in [2.05, 4.69) is 20.6 Å². The minimum atomic E-state index is -0.487. The molecule has 1 heterocycles. The summed E-state index contributed by atoms with van der Waals surface area (Å²) in [5, 5.41) is 6.11. The molecular weight excluding hydrogens is 280 g/mol. The van der Waals surface area contributed by atoms with Crippen LogP contribution in [-0.2, 0) is 4.74 Å². The zero-order valence-electron chi connectivity index (χ0n) is 11.8. The second-order valence-electron chi connectivity index (χ2n) is 4.95. The molecule has 20 heavy (non-hydrogen) atoms. The molecule has 110 valence electrons. The number of aromatic nitrogens is 2. The van der Waals surface area contributed by atoms with Crippen LogP contribution in [0.2, 0.25) is 5.02 Å². The summed E-state index contributed by atoms with van der Waals surface area (Å²) in [4.78, 5) is 19.1. The van der Waals surface area contributed by atoms with Crippen molar-refractivity contribution in [3.8, 4) is 0 Å². The first-order valence-corrected chi connectivity index (χ1v) is 6.57. The molecule has 0 radical (unpaired) electrons. The number of nitrogens with zero attached hydrogens (tertiary/aromatic N) is 2. The van der Waals surface area contributed by atoms with Gasteiger partial charge in [0.2, 0.25) is 0 Å². The predicted molar refractivity (Wildman–Crippen MR) is 78.9 cm³/mol. The highest BCUT2D eigenvalue weighted by Crippen LogP contribution is 2.15. The summed E-state index contributed by atoms with van der Waals surface area (Å²) >= 11 is 5.88. The van der Waals surface area contributed by atoms with E-state index in [9.17, 15) is 4.79 Å². The minimum Gasteiger partial charge on any atom is -0.444 e. The zero-order valence-corrected chi connectivity index (χ0v) is 12.6. The lowest BCUT2D eigenvalue weighted by Gasteiger charge is -2.19. The molecule has 0 unspecified atom stereocenters. The third-order valence-corrected chi connectivity index (χ3v) is 2.26. The van der Waals surface area contributed by atoms with Crippen LogP contribution in [0.3, 0.4) is 0 Å². The molecular formula is C13H19ClN4O2. The lowest BCUT2D eigenvalue weighted by Crippen LogP contribution is -2.32. The van der Waals surface area contributed by atoms with Gasteiger partial charge in [0.1, 0.15) is 22.8 Å². The van der Waals surface area contributed by atoms with Crippen LogP contribution in [0.25, 0.3) is 0 Å². The van der Waals surface area contributed by atoms with Crippen LogP contribution in [0.4, 0.5) is 10.6 Å². The van der Waals surface area contributed by atoms with Gasteiger partial charge in [0.25, 0.3) is 0 Å². The van der Waals surface area contributed by atoms with Gasteiger partial charge >= 0.3 is 6.09 Å². The lowest BCUT2D eigenvalue weighted by molar-refractivity contribution is 0.0534. The molecule has 0 aliphatic carbocycles. The third kappa shape index (κ3) is 6.94. The largest absolute Gasteiger partial charge is 0.444 e. The minimum absolute atomic E-state index is 0.397. The number of hydrogen-bond donors (Lipinski definition) is 2. The van der Waals surface area contributed by atoms with Crippen molar-refractivity contribution in [3.05, 3.63) is 29.7 Å². The molecule has 0 fully saturated rings. The van der Waals surface area contributed by atoms with Crippen molar-refractivity contribution >= 4 is 23.5 Å². The van der Waals surface area contributed by atoms with E-state index in [-0.39, 0.29) is 0 Å². The Labute approximate surface area is 123 Å². The van der Waals surface area contributed by atoms with Crippen molar-refractivity contribution in [3.63, 3.8) is 0 Å². The highest BCUT2D eigenvalue weighted by atomic mass is 35.5. The fourth-order valence-electron chi connectivity index (χ4n) is 1.22. The van der Waals surface area contributed by atoms with Crippen LogP contribution < -0.4 is 10.6 Å². The molecule has 1 amide bonds. The summed E-state index contributed by atoms with van der Waals surface area (Å²) in [6.45, 7) is 6.40. The van der Waals surface area contributed by atoms with Crippen LogP contribution in [0.5, 0.6) is 0 Å². The van der Waals surface area contributed by atoms with Gasteiger partial charge in [-0.05, 0) is 20.8 Å². The quantitative estimate of drug-likeness (QED) is 0.817. The standard InChI is InChI=1S/C13H19ClN4O2/c1-13(2,3)20-12(19)17-7-5-4-6-16-11-10(14)8-15-9-18-11/h4-5,8-9H,6-7H2,1-3H3,(H,17,19)(H,15,16,18)/b5-4+. The van der Waals surface area contributed by atoms with E-state index in [4.69, 9.17) is 16.3 Å². The molecule has 0 aliphatic heterocycles. The molecule has 0 saturated heterocycles. The predicted octanol–water partition coefficient (Wildman–Crippen LogP) is 2.62. The summed E-state index contributed by atoms with van der Waals surface area (Å²) in [5.74, 6) is 0.575. The van der Waals surface area contributed by atoms with Crippen molar-refractivity contribution < 1.29 is 9.53 Å². The van der Waals surface area contributed by atoms with Crippen LogP contribution in [0, 0.1) is 0 Å². The van der Waals surface area contributed by atoms with E-state index < -0.39 is 11.7 Å². The van der Waals surface area contributed by atoms with Gasteiger partial charge in [0.05, 0.1) is 6.20 Å². The number of hydrogen-bond acceptors (Lipinski definition) is 5. The van der Waals surface area contributed by atoms with Crippen LogP contribution in [0.1, 0.15) is 20.8 Å². The van der Waals surface area contributed by atoms with Crippen molar-refractivity contribution in [1.82, 2.24) is 15.3 Å². The van der Waals surface area contributed by atoms with E-state index in [1.54, 1.807) is 0 Å². The summed E-state index contributed by atoms with van der Waals surface area (Å²) < 4.78 is 5.10. The van der Waals surface area contributed by atoms with Gasteiger partial charge in [0.15, 0.2) is 0 Å². The molecule has 0 aliphatic rings. The number of ether oxygens (including phenoxy) is 1. The zero-order chi connectivity index (χ0) is 15.0. The Balaban J connectivity index is 2.20. The molecule has 1 aromatic heterocycles. The number of carbonyl (C=O) groups is 1. The molecule has 0 bridgehead atoms. The van der Waals surface area contributed by atoms with E-state index in [0.29, 0.717) is 23.9 Å². The maximum Gasteiger partial charge on any atom is 0.407 e. The summed E-state index contributed by atoms with van der Waals surface area (Å²) in [7, 11) is 0. The first-order chi connectivity index (χ1) is 9.38. The van der Waals surface area contributed by atoms with E-state index in [1.807, 2.05) is 32.9 Å². The number of rotatable bonds is 5. The molecule has 6 nitrogen and oxygen atoms in total. The Morgan fingerprint density at radius 1 is 1.40 bits per heavy atom. The fourth-order valence-corrected chi connectivity index (χ4v) is 1.39. The van der Waals surface area contributed by atoms with Crippen LogP contribution >= 0.6 is 11.6 Å². The fraction of sp³-hybridized carbons (Fsp3) is 0.462. The van der Waals surface area contributed by atoms with Gasteiger partial charge in [0, 0.05) is 13.1 Å². The SMILES string of the molecule is CC(C)(C)OC(=O)NC/C=C/CNc1ncncc1Cl. The average Bonchev–Trinajstić information content (AvgIpc) is 2.33. The van der Waals surface area contributed by atoms with Gasteiger partial charge in [-0.25, -0.2) is 14.8 Å². The van der Waals surface area contributed by atoms with Crippen molar-refractivity contribution in [2.45, 2.75) is 26.4 Å². The number of nitrogens with one attached hydrogen (secondary N) is 2. The molecule has 1 aromatic rings. The van der Waals surface area contributed by atoms with Gasteiger partial charge in [-0.15, -0.1) is 0 Å². The third-order valence-electron chi connectivity index (χ3n) is 1.98. The highest BCUT2D eigenvalue weighted by Gasteiger charge is 2.14. The van der Waals surface area contributed by atoms with Crippen molar-refractivity contribution in [1.29, 1.82) is 0 Å². The molecule has 7 heteroatoms. The number of carbonyl (C=O) groups excluding carboxylic acids is 1. The number of amides is 1. The Hall–Kier alpha value is -1.82. The Morgan fingerprint density at radius 2 is 2.10 bits per heavy atom. The maximum absolute atomic E-state index is 11.3. The van der Waals surface area contributed by atoms with E-state index in [1.165, 1.54) is 12.5 Å². The van der Waals surface area contributed by atoms with Crippen LogP contribution in [0.15, 0.2) is 24.7 Å². The highest BCUT2D eigenvalue weighted by molar-refractivity contribution is 6.32. The Morgan fingerprint density at radius 3 is 2.75 bits per heavy atom. The topological polar surface area (TPSA) is 76.1 Å². The van der Waals surface area contributed by atoms with Crippen molar-refractivity contribution in [2.24, 2.45) is 0 Å². The van der Waals surface area contributed by atoms with Crippen molar-refractivity contribution in [2.75, 3.05) is 18.4 Å². The first-order valence-electron chi connectivity index (χ1n) is 6.20. The molecule has 0 spiro atoms. The van der Waals surface area contributed by atoms with Gasteiger partial charge in [-0.1, -0.05) is 23.8 Å². The normalized spacial score (nSPS) is 11.4. The van der Waals surface area contributed by atoms with Crippen LogP contribution in [-0.4, -0.2) is 34.8 Å². The van der Waals surface area contributed by atoms with Gasteiger partial charge in [-0.3, -0.25) is 0 Å². The van der Waals surface area contributed by atoms with E-state index >= 15 is 0 Å². The molecule has 2 N–H and O–H groups in total. The molecule has 0 aromatic carbocycles. The number of alkyl carbamates (subject to hydrolysis) is 1. The second kappa shape index (κ2) is 7.69. The Kier molecular flexibility index (Phi) is 6.24. The number of halogens is 1. The lowest BCUT2D eigenvalue weighted by atomic mass is 10.2.